The topological polar surface area (TPSA) is 61.5 Å². The maximum atomic E-state index is 14.5. The number of likely N-dealkylation sites (N-methyl/N-ethyl adjacent to an activating group) is 1. The smallest absolute Gasteiger partial charge is 0.423 e. The third kappa shape index (κ3) is 3.81. The highest BCUT2D eigenvalue weighted by molar-refractivity contribution is 5.57. The summed E-state index contributed by atoms with van der Waals surface area (Å²) >= 11 is 0. The van der Waals surface area contributed by atoms with E-state index in [1.807, 2.05) is 12.1 Å². The average Bonchev–Trinajstić information content (AvgIpc) is 3.24. The molecule has 2 aliphatic rings. The van der Waals surface area contributed by atoms with Crippen LogP contribution in [0.5, 0.6) is 5.75 Å². The number of nitrogens with one attached hydrogen (secondary N) is 1. The van der Waals surface area contributed by atoms with Crippen LogP contribution in [0.2, 0.25) is 0 Å². The van der Waals surface area contributed by atoms with Gasteiger partial charge in [-0.15, -0.1) is 0 Å². The van der Waals surface area contributed by atoms with Gasteiger partial charge in [0.2, 0.25) is 0 Å². The first-order chi connectivity index (χ1) is 13.7. The molecule has 0 saturated carbocycles. The number of hydrogen-bond donors (Lipinski definition) is 1. The van der Waals surface area contributed by atoms with Gasteiger partial charge in [0.1, 0.15) is 12.2 Å². The highest BCUT2D eigenvalue weighted by Crippen LogP contribution is 2.38. The number of hydrogen-bond acceptors (Lipinski definition) is 5. The molecule has 1 fully saturated rings. The van der Waals surface area contributed by atoms with Gasteiger partial charge in [0.15, 0.2) is 11.6 Å². The number of alkyl halides is 3. The zero-order valence-electron chi connectivity index (χ0n) is 15.7. The van der Waals surface area contributed by atoms with Crippen molar-refractivity contribution in [2.75, 3.05) is 25.1 Å². The number of H-pyrrole nitrogens is 1. The molecule has 6 nitrogen and oxygen atoms in total. The van der Waals surface area contributed by atoms with Crippen LogP contribution in [0.1, 0.15) is 29.5 Å². The number of nitrogens with zero attached hydrogens (tertiary/aromatic N) is 3. The van der Waals surface area contributed by atoms with E-state index in [2.05, 4.69) is 10.00 Å². The van der Waals surface area contributed by atoms with Gasteiger partial charge in [0.05, 0.1) is 11.9 Å². The van der Waals surface area contributed by atoms with E-state index in [0.717, 1.165) is 25.6 Å². The second-order valence-corrected chi connectivity index (χ2v) is 7.45. The number of benzene rings is 1. The maximum Gasteiger partial charge on any atom is 0.423 e. The Labute approximate surface area is 164 Å². The molecule has 1 atom stereocenters. The van der Waals surface area contributed by atoms with Crippen LogP contribution in [0, 0.1) is 5.82 Å². The Bertz CT molecular complexity index is 976. The van der Waals surface area contributed by atoms with Crippen LogP contribution < -0.4 is 15.2 Å². The van der Waals surface area contributed by atoms with Crippen molar-refractivity contribution < 1.29 is 22.3 Å². The second-order valence-electron chi connectivity index (χ2n) is 7.45. The lowest BCUT2D eigenvalue weighted by atomic mass is 10.1. The van der Waals surface area contributed by atoms with Crippen molar-refractivity contribution in [1.29, 1.82) is 0 Å². The third-order valence-corrected chi connectivity index (χ3v) is 5.54. The van der Waals surface area contributed by atoms with Crippen LogP contribution in [0.15, 0.2) is 23.1 Å². The van der Waals surface area contributed by atoms with Gasteiger partial charge in [0, 0.05) is 19.1 Å². The molecule has 1 N–H and O–H groups in total. The van der Waals surface area contributed by atoms with Crippen molar-refractivity contribution in [3.05, 3.63) is 51.2 Å². The lowest BCUT2D eigenvalue weighted by Gasteiger charge is -2.21. The Balaban J connectivity index is 1.56. The molecular weight excluding hydrogens is 392 g/mol. The summed E-state index contributed by atoms with van der Waals surface area (Å²) in [5, 5.41) is 5.32. The van der Waals surface area contributed by atoms with Gasteiger partial charge in [-0.1, -0.05) is 0 Å². The summed E-state index contributed by atoms with van der Waals surface area (Å²) in [7, 11) is 1.99. The van der Waals surface area contributed by atoms with E-state index in [1.165, 1.54) is 17.0 Å². The molecule has 2 aromatic rings. The number of rotatable bonds is 4. The molecule has 1 aromatic heterocycles. The standard InChI is InChI=1S/C19H20F4N4O2/c1-26-4-2-3-13(26)10-29-16-6-12-9-27(8-11(12)5-14(16)20)15-7-24-25-18(28)17(15)19(21,22)23/h5-7,13H,2-4,8-10H2,1H3,(H,25,28). The predicted octanol–water partition coefficient (Wildman–Crippen LogP) is 2.92. The van der Waals surface area contributed by atoms with Crippen LogP contribution in [0.3, 0.4) is 0 Å². The van der Waals surface area contributed by atoms with Crippen molar-refractivity contribution in [1.82, 2.24) is 15.1 Å². The van der Waals surface area contributed by atoms with E-state index in [1.54, 1.807) is 0 Å². The zero-order valence-corrected chi connectivity index (χ0v) is 15.7. The summed E-state index contributed by atoms with van der Waals surface area (Å²) in [4.78, 5) is 15.2. The highest BCUT2D eigenvalue weighted by atomic mass is 19.4. The van der Waals surface area contributed by atoms with E-state index in [-0.39, 0.29) is 30.6 Å². The number of anilines is 1. The fourth-order valence-corrected chi connectivity index (χ4v) is 3.96. The van der Waals surface area contributed by atoms with E-state index >= 15 is 0 Å². The van der Waals surface area contributed by atoms with Gasteiger partial charge in [-0.25, -0.2) is 9.49 Å². The van der Waals surface area contributed by atoms with Crippen LogP contribution in [0.25, 0.3) is 0 Å². The Morgan fingerprint density at radius 3 is 2.66 bits per heavy atom. The van der Waals surface area contributed by atoms with E-state index in [4.69, 9.17) is 4.74 Å². The van der Waals surface area contributed by atoms with Gasteiger partial charge in [-0.3, -0.25) is 4.79 Å². The molecule has 0 amide bonds. The summed E-state index contributed by atoms with van der Waals surface area (Å²) in [6.45, 7) is 1.48. The first kappa shape index (κ1) is 19.7. The fourth-order valence-electron chi connectivity index (χ4n) is 3.96. The predicted molar refractivity (Wildman–Crippen MR) is 97.3 cm³/mol. The molecule has 2 aliphatic heterocycles. The first-order valence-electron chi connectivity index (χ1n) is 9.28. The first-order valence-corrected chi connectivity index (χ1v) is 9.28. The normalized spacial score (nSPS) is 19.6. The monoisotopic (exact) mass is 412 g/mol. The number of likely N-dealkylation sites (tertiary alicyclic amines) is 1. The number of aromatic amines is 1. The molecule has 0 radical (unpaired) electrons. The minimum Gasteiger partial charge on any atom is -0.489 e. The van der Waals surface area contributed by atoms with Crippen LogP contribution in [-0.4, -0.2) is 41.3 Å². The lowest BCUT2D eigenvalue weighted by Crippen LogP contribution is -2.30. The number of aromatic nitrogens is 2. The Hall–Kier alpha value is -2.62. The maximum absolute atomic E-state index is 14.5. The lowest BCUT2D eigenvalue weighted by molar-refractivity contribution is -0.138. The highest BCUT2D eigenvalue weighted by Gasteiger charge is 2.39. The summed E-state index contributed by atoms with van der Waals surface area (Å²) in [6, 6.07) is 3.04. The molecule has 4 rings (SSSR count). The fraction of sp³-hybridized carbons (Fsp3) is 0.474. The van der Waals surface area contributed by atoms with E-state index in [0.29, 0.717) is 17.7 Å². The molecule has 1 saturated heterocycles. The van der Waals surface area contributed by atoms with Crippen molar-refractivity contribution in [3.63, 3.8) is 0 Å². The Kier molecular flexibility index (Phi) is 4.97. The molecular formula is C19H20F4N4O2. The molecule has 10 heteroatoms. The molecule has 0 spiro atoms. The van der Waals surface area contributed by atoms with Crippen molar-refractivity contribution >= 4 is 5.69 Å². The van der Waals surface area contributed by atoms with Crippen molar-refractivity contribution in [2.45, 2.75) is 38.1 Å². The van der Waals surface area contributed by atoms with Crippen molar-refractivity contribution in [2.24, 2.45) is 0 Å². The van der Waals surface area contributed by atoms with Gasteiger partial charge in [-0.2, -0.15) is 18.3 Å². The Morgan fingerprint density at radius 1 is 1.28 bits per heavy atom. The Morgan fingerprint density at radius 2 is 2.00 bits per heavy atom. The van der Waals surface area contributed by atoms with Crippen LogP contribution in [0.4, 0.5) is 23.2 Å². The molecule has 0 aliphatic carbocycles. The minimum atomic E-state index is -4.83. The number of ether oxygens (including phenoxy) is 1. The van der Waals surface area contributed by atoms with Gasteiger partial charge < -0.3 is 14.5 Å². The third-order valence-electron chi connectivity index (χ3n) is 5.54. The molecule has 1 aromatic carbocycles. The van der Waals surface area contributed by atoms with Gasteiger partial charge in [-0.05, 0) is 49.7 Å². The molecule has 29 heavy (non-hydrogen) atoms. The number of halogens is 4. The van der Waals surface area contributed by atoms with E-state index < -0.39 is 23.1 Å². The molecule has 0 bridgehead atoms. The second kappa shape index (κ2) is 7.33. The SMILES string of the molecule is CN1CCCC1COc1cc2c(cc1F)CN(c1cn[nH]c(=O)c1C(F)(F)F)C2. The quantitative estimate of drug-likeness (QED) is 0.783. The molecule has 3 heterocycles. The summed E-state index contributed by atoms with van der Waals surface area (Å²) in [5.74, 6) is -0.461. The summed E-state index contributed by atoms with van der Waals surface area (Å²) in [6.07, 6.45) is -1.81. The number of fused-ring (bicyclic) bond motifs is 1. The zero-order chi connectivity index (χ0) is 20.8. The van der Waals surface area contributed by atoms with E-state index in [9.17, 15) is 22.4 Å². The molecule has 1 unspecified atom stereocenters. The average molecular weight is 412 g/mol. The van der Waals surface area contributed by atoms with Crippen LogP contribution in [-0.2, 0) is 19.3 Å². The van der Waals surface area contributed by atoms with Gasteiger partial charge in [0.25, 0.3) is 5.56 Å². The summed E-state index contributed by atoms with van der Waals surface area (Å²) in [5.41, 5.74) is -1.72. The van der Waals surface area contributed by atoms with Crippen LogP contribution >= 0.6 is 0 Å². The summed E-state index contributed by atoms with van der Waals surface area (Å²) < 4.78 is 60.2. The largest absolute Gasteiger partial charge is 0.489 e. The molecule has 156 valence electrons. The minimum absolute atomic E-state index is 0.0477. The van der Waals surface area contributed by atoms with Crippen molar-refractivity contribution in [3.8, 4) is 5.75 Å². The van der Waals surface area contributed by atoms with Gasteiger partial charge >= 0.3 is 6.18 Å².